The highest BCUT2D eigenvalue weighted by Gasteiger charge is 2.39. The molecule has 0 aliphatic carbocycles. The molecular formula is C15H31ClN4O4. The van der Waals surface area contributed by atoms with Crippen LogP contribution in [-0.2, 0) is 9.47 Å². The largest absolute Gasteiger partial charge is 1.00 e. The van der Waals surface area contributed by atoms with Crippen molar-refractivity contribution in [2.75, 3.05) is 61.5 Å². The Kier molecular flexibility index (Phi) is 7.79. The molecule has 0 aromatic heterocycles. The van der Waals surface area contributed by atoms with E-state index in [1.807, 2.05) is 32.8 Å². The summed E-state index contributed by atoms with van der Waals surface area (Å²) in [4.78, 5) is 23.5. The standard InChI is InChI=1S/C8H16N2O2.C7H14N2O2.ClH/c1-8(5-10(2,3)4)6-12-7(11)9-8;1-7(4-9(2)3)5-11-6(10)8-7;/h5-6H2,1-4H3;4-5H2,1-3H3,(H,8,10);1H. The number of rotatable bonds is 4. The number of quaternary nitrogens is 1. The van der Waals surface area contributed by atoms with Gasteiger partial charge in [0.05, 0.1) is 26.7 Å². The van der Waals surface area contributed by atoms with Gasteiger partial charge in [-0.05, 0) is 27.9 Å². The van der Waals surface area contributed by atoms with Gasteiger partial charge in [0.25, 0.3) is 0 Å². The van der Waals surface area contributed by atoms with Gasteiger partial charge in [0.15, 0.2) is 0 Å². The Balaban J connectivity index is 0.000000425. The van der Waals surface area contributed by atoms with Crippen LogP contribution in [0.2, 0.25) is 0 Å². The van der Waals surface area contributed by atoms with Crippen molar-refractivity contribution >= 4 is 12.2 Å². The normalized spacial score (nSPS) is 28.8. The van der Waals surface area contributed by atoms with Gasteiger partial charge in [0.2, 0.25) is 0 Å². The highest BCUT2D eigenvalue weighted by molar-refractivity contribution is 5.71. The summed E-state index contributed by atoms with van der Waals surface area (Å²) in [5, 5.41) is 5.57. The summed E-state index contributed by atoms with van der Waals surface area (Å²) >= 11 is 0. The van der Waals surface area contributed by atoms with E-state index in [4.69, 9.17) is 9.47 Å². The average Bonchev–Trinajstić information content (AvgIpc) is 2.79. The van der Waals surface area contributed by atoms with Gasteiger partial charge >= 0.3 is 12.2 Å². The predicted molar refractivity (Wildman–Crippen MR) is 87.2 cm³/mol. The smallest absolute Gasteiger partial charge is 0.407 e. The van der Waals surface area contributed by atoms with E-state index in [9.17, 15) is 9.59 Å². The molecule has 2 unspecified atom stereocenters. The maximum Gasteiger partial charge on any atom is 0.407 e. The number of halogens is 1. The van der Waals surface area contributed by atoms with Crippen molar-refractivity contribution in [1.29, 1.82) is 0 Å². The molecular weight excluding hydrogens is 336 g/mol. The van der Waals surface area contributed by atoms with Crippen LogP contribution in [0.15, 0.2) is 0 Å². The van der Waals surface area contributed by atoms with Gasteiger partial charge in [-0.15, -0.1) is 0 Å². The molecule has 2 atom stereocenters. The van der Waals surface area contributed by atoms with Crippen molar-refractivity contribution in [1.82, 2.24) is 15.5 Å². The number of nitrogens with zero attached hydrogens (tertiary/aromatic N) is 2. The molecule has 0 bridgehead atoms. The molecule has 0 aromatic carbocycles. The van der Waals surface area contributed by atoms with E-state index in [0.717, 1.165) is 17.6 Å². The number of ether oxygens (including phenoxy) is 2. The minimum atomic E-state index is -0.311. The Morgan fingerprint density at radius 1 is 1.00 bits per heavy atom. The van der Waals surface area contributed by atoms with Gasteiger partial charge in [-0.1, -0.05) is 0 Å². The SMILES string of the molecule is CC1(C[N+](C)(C)C)COC(=O)N1.CN(C)CC1(C)COC(=O)N1.[Cl-]. The van der Waals surface area contributed by atoms with Gasteiger partial charge in [-0.2, -0.15) is 0 Å². The zero-order chi connectivity index (χ0) is 17.9. The van der Waals surface area contributed by atoms with E-state index in [2.05, 4.69) is 31.8 Å². The lowest BCUT2D eigenvalue weighted by Gasteiger charge is -2.32. The summed E-state index contributed by atoms with van der Waals surface area (Å²) in [7, 11) is 10.2. The molecule has 24 heavy (non-hydrogen) atoms. The molecule has 142 valence electrons. The highest BCUT2D eigenvalue weighted by atomic mass is 35.5. The van der Waals surface area contributed by atoms with E-state index < -0.39 is 0 Å². The second kappa shape index (κ2) is 8.22. The first kappa shape index (κ1) is 22.8. The number of cyclic esters (lactones) is 2. The Hall–Kier alpha value is -1.25. The number of nitrogens with one attached hydrogen (secondary N) is 2. The fourth-order valence-electron chi connectivity index (χ4n) is 3.00. The lowest BCUT2D eigenvalue weighted by Crippen LogP contribution is -3.00. The number of carbonyl (C=O) groups is 2. The van der Waals surface area contributed by atoms with Crippen LogP contribution < -0.4 is 23.0 Å². The first-order valence-corrected chi connectivity index (χ1v) is 7.68. The molecule has 2 N–H and O–H groups in total. The van der Waals surface area contributed by atoms with E-state index in [0.29, 0.717) is 13.2 Å². The van der Waals surface area contributed by atoms with Crippen molar-refractivity contribution in [3.8, 4) is 0 Å². The maximum absolute atomic E-state index is 10.8. The molecule has 2 fully saturated rings. The van der Waals surface area contributed by atoms with Crippen LogP contribution in [0.25, 0.3) is 0 Å². The first-order valence-electron chi connectivity index (χ1n) is 7.68. The van der Waals surface area contributed by atoms with Gasteiger partial charge in [-0.25, -0.2) is 9.59 Å². The predicted octanol–water partition coefficient (Wildman–Crippen LogP) is -2.76. The van der Waals surface area contributed by atoms with Crippen molar-refractivity contribution in [3.05, 3.63) is 0 Å². The molecule has 2 heterocycles. The van der Waals surface area contributed by atoms with E-state index >= 15 is 0 Å². The number of hydrogen-bond donors (Lipinski definition) is 2. The van der Waals surface area contributed by atoms with Gasteiger partial charge < -0.3 is 41.9 Å². The Labute approximate surface area is 150 Å². The Morgan fingerprint density at radius 3 is 1.71 bits per heavy atom. The topological polar surface area (TPSA) is 79.9 Å². The zero-order valence-corrected chi connectivity index (χ0v) is 16.5. The monoisotopic (exact) mass is 366 g/mol. The van der Waals surface area contributed by atoms with E-state index in [1.165, 1.54) is 0 Å². The van der Waals surface area contributed by atoms with Crippen molar-refractivity contribution in [2.45, 2.75) is 24.9 Å². The van der Waals surface area contributed by atoms with Crippen molar-refractivity contribution in [2.24, 2.45) is 0 Å². The maximum atomic E-state index is 10.8. The summed E-state index contributed by atoms with van der Waals surface area (Å²) < 4.78 is 10.5. The number of hydrogen-bond acceptors (Lipinski definition) is 5. The molecule has 0 aromatic rings. The van der Waals surface area contributed by atoms with Crippen LogP contribution >= 0.6 is 0 Å². The molecule has 2 aliphatic rings. The number of amides is 2. The quantitative estimate of drug-likeness (QED) is 0.527. The third-order valence-corrected chi connectivity index (χ3v) is 3.34. The fourth-order valence-corrected chi connectivity index (χ4v) is 3.00. The molecule has 0 radical (unpaired) electrons. The van der Waals surface area contributed by atoms with Crippen LogP contribution in [0, 0.1) is 0 Å². The molecule has 2 rings (SSSR count). The zero-order valence-electron chi connectivity index (χ0n) is 15.7. The van der Waals surface area contributed by atoms with Crippen LogP contribution in [0.1, 0.15) is 13.8 Å². The molecule has 0 saturated carbocycles. The third kappa shape index (κ3) is 8.03. The summed E-state index contributed by atoms with van der Waals surface area (Å²) in [6.07, 6.45) is -0.611. The molecule has 8 nitrogen and oxygen atoms in total. The highest BCUT2D eigenvalue weighted by Crippen LogP contribution is 2.15. The van der Waals surface area contributed by atoms with Crippen LogP contribution in [0.3, 0.4) is 0 Å². The minimum Gasteiger partial charge on any atom is -1.00 e. The Morgan fingerprint density at radius 2 is 1.42 bits per heavy atom. The summed E-state index contributed by atoms with van der Waals surface area (Å²) in [6, 6.07) is 0. The Bertz CT molecular complexity index is 455. The lowest BCUT2D eigenvalue weighted by molar-refractivity contribution is -0.874. The second-order valence-corrected chi connectivity index (χ2v) is 8.21. The van der Waals surface area contributed by atoms with E-state index in [-0.39, 0.29) is 35.7 Å². The number of carbonyl (C=O) groups excluding carboxylic acids is 2. The van der Waals surface area contributed by atoms with Crippen molar-refractivity contribution < 1.29 is 36.0 Å². The van der Waals surface area contributed by atoms with Crippen molar-refractivity contribution in [3.63, 3.8) is 0 Å². The molecule has 2 aliphatic heterocycles. The summed E-state index contributed by atoms with van der Waals surface area (Å²) in [5.41, 5.74) is -0.407. The second-order valence-electron chi connectivity index (χ2n) is 8.21. The fraction of sp³-hybridized carbons (Fsp3) is 0.867. The molecule has 2 amide bonds. The van der Waals surface area contributed by atoms with Crippen LogP contribution in [-0.4, -0.2) is 94.2 Å². The molecule has 9 heteroatoms. The minimum absolute atomic E-state index is 0. The average molecular weight is 367 g/mol. The summed E-state index contributed by atoms with van der Waals surface area (Å²) in [6.45, 7) is 6.59. The van der Waals surface area contributed by atoms with Gasteiger partial charge in [-0.3, -0.25) is 0 Å². The van der Waals surface area contributed by atoms with Crippen LogP contribution in [0.5, 0.6) is 0 Å². The molecule has 2 saturated heterocycles. The number of likely N-dealkylation sites (N-methyl/N-ethyl adjacent to an activating group) is 2. The summed E-state index contributed by atoms with van der Waals surface area (Å²) in [5.74, 6) is 0. The number of alkyl carbamates (subject to hydrolysis) is 2. The lowest BCUT2D eigenvalue weighted by atomic mass is 10.0. The molecule has 0 spiro atoms. The van der Waals surface area contributed by atoms with Gasteiger partial charge in [0.1, 0.15) is 25.3 Å². The van der Waals surface area contributed by atoms with E-state index in [1.54, 1.807) is 0 Å². The van der Waals surface area contributed by atoms with Crippen LogP contribution in [0.4, 0.5) is 9.59 Å². The van der Waals surface area contributed by atoms with Gasteiger partial charge in [0, 0.05) is 6.54 Å². The first-order chi connectivity index (χ1) is 10.3. The third-order valence-electron chi connectivity index (χ3n) is 3.34.